The molecule has 0 heterocycles. The van der Waals surface area contributed by atoms with Crippen molar-refractivity contribution in [1.29, 1.82) is 0 Å². The Morgan fingerprint density at radius 3 is 2.47 bits per heavy atom. The van der Waals surface area contributed by atoms with Crippen LogP contribution in [-0.4, -0.2) is 16.8 Å². The number of ether oxygens (including phenoxy) is 1. The predicted octanol–water partition coefficient (Wildman–Crippen LogP) is 3.05. The zero-order chi connectivity index (χ0) is 13.7. The van der Waals surface area contributed by atoms with E-state index in [2.05, 4.69) is 15.9 Å². The van der Waals surface area contributed by atoms with Gasteiger partial charge in [0.1, 0.15) is 18.5 Å². The van der Waals surface area contributed by atoms with Gasteiger partial charge in [0.05, 0.1) is 11.1 Å². The molecule has 2 aromatic rings. The second-order valence-electron chi connectivity index (χ2n) is 4.16. The highest BCUT2D eigenvalue weighted by Gasteiger charge is 2.09. The summed E-state index contributed by atoms with van der Waals surface area (Å²) < 4.78 is 6.34. The van der Waals surface area contributed by atoms with Crippen LogP contribution in [0.1, 0.15) is 17.2 Å². The smallest absolute Gasteiger partial charge is 0.133 e. The molecule has 1 unspecified atom stereocenters. The highest BCUT2D eigenvalue weighted by Crippen LogP contribution is 2.27. The molecule has 0 aliphatic heterocycles. The van der Waals surface area contributed by atoms with Crippen molar-refractivity contribution < 1.29 is 14.9 Å². The maximum atomic E-state index is 9.99. The minimum atomic E-state index is -0.661. The zero-order valence-corrected chi connectivity index (χ0v) is 11.9. The van der Waals surface area contributed by atoms with Crippen LogP contribution in [0.2, 0.25) is 0 Å². The normalized spacial score (nSPS) is 12.2. The minimum absolute atomic E-state index is 0.00841. The molecule has 100 valence electrons. The number of aliphatic hydroxyl groups is 2. The van der Waals surface area contributed by atoms with Gasteiger partial charge in [-0.15, -0.1) is 0 Å². The summed E-state index contributed by atoms with van der Waals surface area (Å²) in [6.07, 6.45) is -0.661. The van der Waals surface area contributed by atoms with Crippen molar-refractivity contribution in [3.63, 3.8) is 0 Å². The Morgan fingerprint density at radius 2 is 1.84 bits per heavy atom. The molecule has 2 aromatic carbocycles. The molecule has 19 heavy (non-hydrogen) atoms. The highest BCUT2D eigenvalue weighted by atomic mass is 79.9. The summed E-state index contributed by atoms with van der Waals surface area (Å²) in [6.45, 7) is 0.173. The average Bonchev–Trinajstić information content (AvgIpc) is 2.46. The zero-order valence-electron chi connectivity index (χ0n) is 10.3. The fourth-order valence-corrected chi connectivity index (χ4v) is 2.24. The second kappa shape index (κ2) is 6.70. The van der Waals surface area contributed by atoms with Crippen LogP contribution in [-0.2, 0) is 6.61 Å². The largest absolute Gasteiger partial charge is 0.489 e. The van der Waals surface area contributed by atoms with Crippen molar-refractivity contribution in [2.24, 2.45) is 0 Å². The van der Waals surface area contributed by atoms with Gasteiger partial charge in [-0.3, -0.25) is 0 Å². The molecule has 1 atom stereocenters. The lowest BCUT2D eigenvalue weighted by Crippen LogP contribution is -2.09. The Bertz CT molecular complexity index is 528. The summed E-state index contributed by atoms with van der Waals surface area (Å²) >= 11 is 3.38. The standard InChI is InChI=1S/C15H15BrO3/c16-13-8-11(9-17)6-7-15(13)19-10-14(18)12-4-2-1-3-5-12/h1-8,14,17-18H,9-10H2. The first kappa shape index (κ1) is 14.1. The van der Waals surface area contributed by atoms with E-state index in [-0.39, 0.29) is 13.2 Å². The maximum Gasteiger partial charge on any atom is 0.133 e. The molecule has 0 amide bonds. The number of aliphatic hydroxyl groups excluding tert-OH is 2. The van der Waals surface area contributed by atoms with E-state index in [1.165, 1.54) is 0 Å². The number of benzene rings is 2. The number of hydrogen-bond acceptors (Lipinski definition) is 3. The van der Waals surface area contributed by atoms with Gasteiger partial charge < -0.3 is 14.9 Å². The molecule has 2 rings (SSSR count). The molecule has 0 saturated heterocycles. The molecule has 0 aliphatic carbocycles. The van der Waals surface area contributed by atoms with Crippen LogP contribution in [0.5, 0.6) is 5.75 Å². The van der Waals surface area contributed by atoms with Gasteiger partial charge in [-0.05, 0) is 39.2 Å². The van der Waals surface area contributed by atoms with Crippen LogP contribution in [0.15, 0.2) is 53.0 Å². The van der Waals surface area contributed by atoms with Crippen LogP contribution in [0.4, 0.5) is 0 Å². The quantitative estimate of drug-likeness (QED) is 0.889. The predicted molar refractivity (Wildman–Crippen MR) is 77.0 cm³/mol. The fraction of sp³-hybridized carbons (Fsp3) is 0.200. The van der Waals surface area contributed by atoms with Gasteiger partial charge >= 0.3 is 0 Å². The lowest BCUT2D eigenvalue weighted by molar-refractivity contribution is 0.108. The summed E-state index contributed by atoms with van der Waals surface area (Å²) in [5.74, 6) is 0.646. The van der Waals surface area contributed by atoms with Gasteiger partial charge in [-0.2, -0.15) is 0 Å². The van der Waals surface area contributed by atoms with Crippen molar-refractivity contribution in [2.45, 2.75) is 12.7 Å². The third kappa shape index (κ3) is 3.80. The molecule has 0 radical (unpaired) electrons. The van der Waals surface area contributed by atoms with E-state index in [0.29, 0.717) is 5.75 Å². The van der Waals surface area contributed by atoms with E-state index in [9.17, 15) is 5.11 Å². The third-order valence-electron chi connectivity index (χ3n) is 2.76. The highest BCUT2D eigenvalue weighted by molar-refractivity contribution is 9.10. The van der Waals surface area contributed by atoms with Crippen LogP contribution in [0.25, 0.3) is 0 Å². The Morgan fingerprint density at radius 1 is 1.11 bits per heavy atom. The first-order valence-electron chi connectivity index (χ1n) is 5.96. The van der Waals surface area contributed by atoms with Crippen LogP contribution < -0.4 is 4.74 Å². The summed E-state index contributed by atoms with van der Waals surface area (Å²) in [5.41, 5.74) is 1.63. The molecular weight excluding hydrogens is 308 g/mol. The average molecular weight is 323 g/mol. The third-order valence-corrected chi connectivity index (χ3v) is 3.38. The Kier molecular flexibility index (Phi) is 4.96. The Balaban J connectivity index is 1.99. The topological polar surface area (TPSA) is 49.7 Å². The van der Waals surface area contributed by atoms with Gasteiger partial charge in [0.15, 0.2) is 0 Å². The maximum absolute atomic E-state index is 9.99. The summed E-state index contributed by atoms with van der Waals surface area (Å²) in [6, 6.07) is 14.7. The van der Waals surface area contributed by atoms with Gasteiger partial charge in [-0.1, -0.05) is 36.4 Å². The SMILES string of the molecule is OCc1ccc(OCC(O)c2ccccc2)c(Br)c1. The van der Waals surface area contributed by atoms with E-state index in [1.807, 2.05) is 30.3 Å². The van der Waals surface area contributed by atoms with Crippen molar-refractivity contribution in [1.82, 2.24) is 0 Å². The van der Waals surface area contributed by atoms with E-state index >= 15 is 0 Å². The molecule has 0 saturated carbocycles. The van der Waals surface area contributed by atoms with E-state index < -0.39 is 6.10 Å². The van der Waals surface area contributed by atoms with Crippen molar-refractivity contribution in [3.8, 4) is 5.75 Å². The molecular formula is C15H15BrO3. The summed E-state index contributed by atoms with van der Waals surface area (Å²) in [5, 5.41) is 19.0. The van der Waals surface area contributed by atoms with E-state index in [4.69, 9.17) is 9.84 Å². The second-order valence-corrected chi connectivity index (χ2v) is 5.01. The number of hydrogen-bond donors (Lipinski definition) is 2. The van der Waals surface area contributed by atoms with Crippen molar-refractivity contribution in [2.75, 3.05) is 6.61 Å². The molecule has 4 heteroatoms. The van der Waals surface area contributed by atoms with Gasteiger partial charge in [0.25, 0.3) is 0 Å². The van der Waals surface area contributed by atoms with Crippen LogP contribution in [0.3, 0.4) is 0 Å². The Hall–Kier alpha value is -1.36. The molecule has 2 N–H and O–H groups in total. The number of halogens is 1. The first-order chi connectivity index (χ1) is 9.20. The number of rotatable bonds is 5. The van der Waals surface area contributed by atoms with Crippen molar-refractivity contribution in [3.05, 3.63) is 64.1 Å². The molecule has 0 bridgehead atoms. The van der Waals surface area contributed by atoms with E-state index in [0.717, 1.165) is 15.6 Å². The van der Waals surface area contributed by atoms with Gasteiger partial charge in [0.2, 0.25) is 0 Å². The lowest BCUT2D eigenvalue weighted by atomic mass is 10.1. The van der Waals surface area contributed by atoms with Gasteiger partial charge in [0, 0.05) is 0 Å². The summed E-state index contributed by atoms with van der Waals surface area (Å²) in [7, 11) is 0. The van der Waals surface area contributed by atoms with Crippen molar-refractivity contribution >= 4 is 15.9 Å². The lowest BCUT2D eigenvalue weighted by Gasteiger charge is -2.14. The van der Waals surface area contributed by atoms with Crippen LogP contribution in [0, 0.1) is 0 Å². The molecule has 0 aromatic heterocycles. The molecule has 3 nitrogen and oxygen atoms in total. The summed E-state index contributed by atoms with van der Waals surface area (Å²) in [4.78, 5) is 0. The molecule has 0 aliphatic rings. The minimum Gasteiger partial charge on any atom is -0.489 e. The fourth-order valence-electron chi connectivity index (χ4n) is 1.70. The van der Waals surface area contributed by atoms with E-state index in [1.54, 1.807) is 18.2 Å². The van der Waals surface area contributed by atoms with Crippen LogP contribution >= 0.6 is 15.9 Å². The monoisotopic (exact) mass is 322 g/mol. The molecule has 0 fully saturated rings. The molecule has 0 spiro atoms. The Labute approximate surface area is 120 Å². The first-order valence-corrected chi connectivity index (χ1v) is 6.75. The van der Waals surface area contributed by atoms with Gasteiger partial charge in [-0.25, -0.2) is 0 Å².